The Morgan fingerprint density at radius 2 is 1.74 bits per heavy atom. The number of aliphatic carboxylic acids is 1. The van der Waals surface area contributed by atoms with Gasteiger partial charge in [-0.25, -0.2) is 8.42 Å². The standard InChI is InChI=1S/C30H37Cl2NO5S/c1-5-29(2,3)39(37,38)18-25(19-9-10-19)33-27(20-11-13-22(31)14-12-20)24(21-7-6-8-23(32)15-21)16-30(4,28(33)36)17-26(34)35/h6-8,11-15,19,24-25,27H,5,9-10,16-18H2,1-4H3,(H,34,35)/t24-,25-,27-,30-/m1/s1. The molecule has 1 amide bonds. The van der Waals surface area contributed by atoms with Crippen molar-refractivity contribution in [1.29, 1.82) is 0 Å². The molecule has 1 saturated heterocycles. The lowest BCUT2D eigenvalue weighted by atomic mass is 9.67. The molecule has 6 nitrogen and oxygen atoms in total. The summed E-state index contributed by atoms with van der Waals surface area (Å²) in [6, 6.07) is 13.6. The van der Waals surface area contributed by atoms with Gasteiger partial charge in [0.1, 0.15) is 0 Å². The van der Waals surface area contributed by atoms with Crippen LogP contribution in [0, 0.1) is 11.3 Å². The number of carboxylic acids is 1. The van der Waals surface area contributed by atoms with E-state index in [-0.39, 0.29) is 36.3 Å². The highest BCUT2D eigenvalue weighted by molar-refractivity contribution is 7.92. The predicted molar refractivity (Wildman–Crippen MR) is 155 cm³/mol. The summed E-state index contributed by atoms with van der Waals surface area (Å²) < 4.78 is 26.5. The summed E-state index contributed by atoms with van der Waals surface area (Å²) in [6.07, 6.45) is 2.02. The number of hydrogen-bond donors (Lipinski definition) is 1. The van der Waals surface area contributed by atoms with Gasteiger partial charge in [0.25, 0.3) is 0 Å². The Morgan fingerprint density at radius 3 is 2.28 bits per heavy atom. The van der Waals surface area contributed by atoms with Gasteiger partial charge in [-0.2, -0.15) is 0 Å². The second kappa shape index (κ2) is 11.1. The van der Waals surface area contributed by atoms with E-state index < -0.39 is 38.1 Å². The number of likely N-dealkylation sites (tertiary alicyclic amines) is 1. The molecule has 0 radical (unpaired) electrons. The Bertz CT molecular complexity index is 1340. The van der Waals surface area contributed by atoms with Crippen molar-refractivity contribution in [3.05, 3.63) is 69.7 Å². The van der Waals surface area contributed by atoms with Gasteiger partial charge in [0.05, 0.1) is 28.4 Å². The Hall–Kier alpha value is -2.09. The smallest absolute Gasteiger partial charge is 0.304 e. The van der Waals surface area contributed by atoms with E-state index in [2.05, 4.69) is 0 Å². The predicted octanol–water partition coefficient (Wildman–Crippen LogP) is 6.91. The SMILES string of the molecule is CCC(C)(C)S(=O)(=O)C[C@H](C1CC1)N1C(=O)[C@@](C)(CC(=O)O)C[C@H](c2cccc(Cl)c2)[C@H]1c1ccc(Cl)cc1. The van der Waals surface area contributed by atoms with Gasteiger partial charge in [-0.3, -0.25) is 9.59 Å². The molecule has 1 N–H and O–H groups in total. The molecule has 0 bridgehead atoms. The summed E-state index contributed by atoms with van der Waals surface area (Å²) >= 11 is 12.6. The van der Waals surface area contributed by atoms with E-state index >= 15 is 0 Å². The first kappa shape index (κ1) is 29.9. The first-order chi connectivity index (χ1) is 18.2. The van der Waals surface area contributed by atoms with Crippen molar-refractivity contribution in [2.45, 2.75) is 82.5 Å². The highest BCUT2D eigenvalue weighted by Crippen LogP contribution is 2.54. The zero-order valence-electron chi connectivity index (χ0n) is 22.9. The molecule has 0 unspecified atom stereocenters. The van der Waals surface area contributed by atoms with Crippen LogP contribution in [0.25, 0.3) is 0 Å². The minimum atomic E-state index is -3.60. The monoisotopic (exact) mass is 593 g/mol. The molecule has 4 rings (SSSR count). The normalized spacial score (nSPS) is 25.0. The fourth-order valence-electron chi connectivity index (χ4n) is 5.84. The lowest BCUT2D eigenvalue weighted by Crippen LogP contribution is -2.58. The molecule has 2 aromatic carbocycles. The number of rotatable bonds is 10. The van der Waals surface area contributed by atoms with Gasteiger partial charge in [-0.15, -0.1) is 0 Å². The van der Waals surface area contributed by atoms with E-state index in [1.807, 2.05) is 37.3 Å². The fraction of sp³-hybridized carbons (Fsp3) is 0.533. The lowest BCUT2D eigenvalue weighted by molar-refractivity contribution is -0.160. The van der Waals surface area contributed by atoms with Crippen molar-refractivity contribution < 1.29 is 23.1 Å². The number of halogens is 2. The van der Waals surface area contributed by atoms with Crippen molar-refractivity contribution in [1.82, 2.24) is 4.90 Å². The number of carbonyl (C=O) groups excluding carboxylic acids is 1. The fourth-order valence-corrected chi connectivity index (χ4v) is 7.94. The van der Waals surface area contributed by atoms with Crippen LogP contribution in [0.15, 0.2) is 48.5 Å². The second-order valence-electron chi connectivity index (χ2n) is 12.0. The number of nitrogens with zero attached hydrogens (tertiary/aromatic N) is 1. The lowest BCUT2D eigenvalue weighted by Gasteiger charge is -2.52. The Balaban J connectivity index is 1.93. The molecule has 39 heavy (non-hydrogen) atoms. The van der Waals surface area contributed by atoms with Crippen molar-refractivity contribution >= 4 is 44.9 Å². The molecule has 0 spiro atoms. The molecule has 1 aliphatic carbocycles. The van der Waals surface area contributed by atoms with Gasteiger partial charge >= 0.3 is 5.97 Å². The van der Waals surface area contributed by atoms with Crippen molar-refractivity contribution in [2.24, 2.45) is 11.3 Å². The van der Waals surface area contributed by atoms with Gasteiger partial charge in [0, 0.05) is 22.0 Å². The van der Waals surface area contributed by atoms with E-state index in [0.717, 1.165) is 24.0 Å². The van der Waals surface area contributed by atoms with E-state index in [1.165, 1.54) is 0 Å². The van der Waals surface area contributed by atoms with Crippen LogP contribution in [0.2, 0.25) is 10.0 Å². The number of carboxylic acid groups (broad SMARTS) is 1. The number of amides is 1. The molecule has 2 fully saturated rings. The highest BCUT2D eigenvalue weighted by Gasteiger charge is 2.55. The van der Waals surface area contributed by atoms with Crippen LogP contribution in [0.5, 0.6) is 0 Å². The molecule has 212 valence electrons. The van der Waals surface area contributed by atoms with E-state index in [9.17, 15) is 23.1 Å². The summed E-state index contributed by atoms with van der Waals surface area (Å²) in [6.45, 7) is 7.00. The third-order valence-electron chi connectivity index (χ3n) is 8.74. The van der Waals surface area contributed by atoms with Crippen LogP contribution in [-0.4, -0.2) is 46.8 Å². The summed E-state index contributed by atoms with van der Waals surface area (Å²) in [5.74, 6) is -1.83. The largest absolute Gasteiger partial charge is 0.481 e. The summed E-state index contributed by atoms with van der Waals surface area (Å²) in [4.78, 5) is 28.2. The second-order valence-corrected chi connectivity index (χ2v) is 15.5. The number of piperidine rings is 1. The third-order valence-corrected chi connectivity index (χ3v) is 12.0. The number of benzene rings is 2. The van der Waals surface area contributed by atoms with Crippen LogP contribution in [0.1, 0.15) is 82.9 Å². The van der Waals surface area contributed by atoms with Gasteiger partial charge < -0.3 is 10.0 Å². The zero-order chi connectivity index (χ0) is 28.8. The summed E-state index contributed by atoms with van der Waals surface area (Å²) in [5.41, 5.74) is 0.481. The zero-order valence-corrected chi connectivity index (χ0v) is 25.2. The Labute approximate surface area is 241 Å². The van der Waals surface area contributed by atoms with Gasteiger partial charge in [-0.1, -0.05) is 61.3 Å². The molecule has 2 aliphatic rings. The van der Waals surface area contributed by atoms with Crippen LogP contribution in [0.3, 0.4) is 0 Å². The molecular formula is C30H37Cl2NO5S. The maximum absolute atomic E-state index is 14.5. The highest BCUT2D eigenvalue weighted by atomic mass is 35.5. The van der Waals surface area contributed by atoms with Crippen LogP contribution in [-0.2, 0) is 19.4 Å². The molecule has 0 aromatic heterocycles. The van der Waals surface area contributed by atoms with E-state index in [1.54, 1.807) is 43.9 Å². The molecular weight excluding hydrogens is 557 g/mol. The average molecular weight is 595 g/mol. The Kier molecular flexibility index (Phi) is 8.47. The van der Waals surface area contributed by atoms with Crippen LogP contribution < -0.4 is 0 Å². The van der Waals surface area contributed by atoms with Crippen molar-refractivity contribution in [3.8, 4) is 0 Å². The van der Waals surface area contributed by atoms with E-state index in [0.29, 0.717) is 16.5 Å². The molecule has 1 aliphatic heterocycles. The first-order valence-corrected chi connectivity index (χ1v) is 15.9. The van der Waals surface area contributed by atoms with Gasteiger partial charge in [0.2, 0.25) is 5.91 Å². The van der Waals surface area contributed by atoms with Crippen molar-refractivity contribution in [2.75, 3.05) is 5.75 Å². The molecule has 4 atom stereocenters. The van der Waals surface area contributed by atoms with Gasteiger partial charge in [-0.05, 0) is 80.8 Å². The molecule has 9 heteroatoms. The number of hydrogen-bond acceptors (Lipinski definition) is 4. The topological polar surface area (TPSA) is 91.8 Å². The van der Waals surface area contributed by atoms with Gasteiger partial charge in [0.15, 0.2) is 9.84 Å². The maximum atomic E-state index is 14.5. The molecule has 2 aromatic rings. The minimum absolute atomic E-state index is 0.0263. The molecule has 1 heterocycles. The summed E-state index contributed by atoms with van der Waals surface area (Å²) in [7, 11) is -3.60. The van der Waals surface area contributed by atoms with Crippen LogP contribution in [0.4, 0.5) is 0 Å². The minimum Gasteiger partial charge on any atom is -0.481 e. The van der Waals surface area contributed by atoms with E-state index in [4.69, 9.17) is 23.2 Å². The third kappa shape index (κ3) is 6.15. The maximum Gasteiger partial charge on any atom is 0.304 e. The quantitative estimate of drug-likeness (QED) is 0.323. The summed E-state index contributed by atoms with van der Waals surface area (Å²) in [5, 5.41) is 10.9. The molecule has 1 saturated carbocycles. The number of sulfone groups is 1. The number of carbonyl (C=O) groups is 2. The first-order valence-electron chi connectivity index (χ1n) is 13.5. The average Bonchev–Trinajstić information content (AvgIpc) is 3.70. The van der Waals surface area contributed by atoms with Crippen LogP contribution >= 0.6 is 23.2 Å². The van der Waals surface area contributed by atoms with Crippen molar-refractivity contribution in [3.63, 3.8) is 0 Å². The Morgan fingerprint density at radius 1 is 1.10 bits per heavy atom.